The Labute approximate surface area is 100 Å². The highest BCUT2D eigenvalue weighted by molar-refractivity contribution is 4.94. The van der Waals surface area contributed by atoms with E-state index in [1.165, 1.54) is 25.7 Å². The van der Waals surface area contributed by atoms with Crippen molar-refractivity contribution in [2.24, 2.45) is 16.7 Å². The Hall–Kier alpha value is -0.0800. The summed E-state index contributed by atoms with van der Waals surface area (Å²) >= 11 is 0. The molecule has 0 aromatic carbocycles. The average molecular weight is 228 g/mol. The minimum absolute atomic E-state index is 0.0286. The molecule has 0 aliphatic heterocycles. The summed E-state index contributed by atoms with van der Waals surface area (Å²) in [5, 5.41) is 9.29. The fourth-order valence-electron chi connectivity index (χ4n) is 3.35. The van der Waals surface area contributed by atoms with Gasteiger partial charge in [-0.05, 0) is 36.0 Å². The van der Waals surface area contributed by atoms with Gasteiger partial charge in [0.05, 0.1) is 0 Å². The van der Waals surface area contributed by atoms with Crippen LogP contribution in [0, 0.1) is 16.7 Å². The molecular formula is C14H28O2. The lowest BCUT2D eigenvalue weighted by Gasteiger charge is -2.45. The van der Waals surface area contributed by atoms with Crippen molar-refractivity contribution >= 4 is 0 Å². The molecule has 0 saturated heterocycles. The second-order valence-electron chi connectivity index (χ2n) is 6.63. The van der Waals surface area contributed by atoms with Crippen LogP contribution in [0.25, 0.3) is 0 Å². The van der Waals surface area contributed by atoms with E-state index in [2.05, 4.69) is 34.6 Å². The van der Waals surface area contributed by atoms with Crippen molar-refractivity contribution in [3.8, 4) is 0 Å². The maximum atomic E-state index is 9.29. The van der Waals surface area contributed by atoms with Crippen molar-refractivity contribution < 1.29 is 10.1 Å². The maximum absolute atomic E-state index is 9.29. The van der Waals surface area contributed by atoms with Gasteiger partial charge in [-0.1, -0.05) is 47.5 Å². The van der Waals surface area contributed by atoms with Crippen LogP contribution in [0.1, 0.15) is 66.7 Å². The van der Waals surface area contributed by atoms with Gasteiger partial charge in [0.25, 0.3) is 0 Å². The first-order valence-electron chi connectivity index (χ1n) is 6.66. The molecule has 1 atom stereocenters. The normalized spacial score (nSPS) is 21.4. The molecule has 1 aliphatic carbocycles. The molecule has 1 N–H and O–H groups in total. The Morgan fingerprint density at radius 3 is 2.06 bits per heavy atom. The third-order valence-corrected chi connectivity index (χ3v) is 4.81. The molecule has 2 nitrogen and oxygen atoms in total. The molecule has 1 aliphatic rings. The van der Waals surface area contributed by atoms with Crippen molar-refractivity contribution in [2.45, 2.75) is 72.8 Å². The minimum atomic E-state index is -0.0758. The number of hydrogen-bond donors (Lipinski definition) is 1. The van der Waals surface area contributed by atoms with E-state index < -0.39 is 0 Å². The lowest BCUT2D eigenvalue weighted by atomic mass is 9.64. The van der Waals surface area contributed by atoms with Crippen LogP contribution in [0.4, 0.5) is 0 Å². The highest BCUT2D eigenvalue weighted by atomic mass is 17.1. The molecule has 0 radical (unpaired) electrons. The molecule has 1 unspecified atom stereocenters. The average Bonchev–Trinajstić information content (AvgIpc) is 2.71. The van der Waals surface area contributed by atoms with Gasteiger partial charge in [0, 0.05) is 0 Å². The van der Waals surface area contributed by atoms with E-state index in [4.69, 9.17) is 4.89 Å². The molecular weight excluding hydrogens is 200 g/mol. The van der Waals surface area contributed by atoms with Gasteiger partial charge < -0.3 is 0 Å². The molecule has 0 bridgehead atoms. The Morgan fingerprint density at radius 1 is 1.19 bits per heavy atom. The zero-order valence-electron chi connectivity index (χ0n) is 11.5. The zero-order valence-corrected chi connectivity index (χ0v) is 11.5. The quantitative estimate of drug-likeness (QED) is 0.554. The largest absolute Gasteiger partial charge is 0.251 e. The van der Waals surface area contributed by atoms with Gasteiger partial charge in [-0.25, -0.2) is 4.89 Å². The van der Waals surface area contributed by atoms with Gasteiger partial charge in [0.1, 0.15) is 6.10 Å². The molecule has 16 heavy (non-hydrogen) atoms. The molecule has 1 fully saturated rings. The van der Waals surface area contributed by atoms with E-state index in [-0.39, 0.29) is 16.9 Å². The first kappa shape index (κ1) is 14.0. The highest BCUT2D eigenvalue weighted by Crippen LogP contribution is 2.48. The van der Waals surface area contributed by atoms with Gasteiger partial charge in [-0.15, -0.1) is 0 Å². The summed E-state index contributed by atoms with van der Waals surface area (Å²) in [5.74, 6) is 0.690. The second-order valence-corrected chi connectivity index (χ2v) is 6.63. The minimum Gasteiger partial charge on any atom is -0.251 e. The fourth-order valence-corrected chi connectivity index (χ4v) is 3.35. The summed E-state index contributed by atoms with van der Waals surface area (Å²) in [6.45, 7) is 11.0. The van der Waals surface area contributed by atoms with E-state index in [0.717, 1.165) is 6.42 Å². The standard InChI is InChI=1S/C14H28O2/c1-6-13(2,3)12(16-15)14(4,5)11-9-7-8-10-11/h11-12,15H,6-10H2,1-5H3. The molecule has 2 heteroatoms. The van der Waals surface area contributed by atoms with Gasteiger partial charge in [-0.3, -0.25) is 5.26 Å². The summed E-state index contributed by atoms with van der Waals surface area (Å²) in [6, 6.07) is 0. The third kappa shape index (κ3) is 2.60. The molecule has 1 rings (SSSR count). The van der Waals surface area contributed by atoms with Crippen LogP contribution in [-0.4, -0.2) is 11.4 Å². The second kappa shape index (κ2) is 5.05. The van der Waals surface area contributed by atoms with Crippen LogP contribution in [0.2, 0.25) is 0 Å². The molecule has 0 amide bonds. The predicted molar refractivity (Wildman–Crippen MR) is 67.3 cm³/mol. The van der Waals surface area contributed by atoms with E-state index >= 15 is 0 Å². The molecule has 0 aromatic heterocycles. The Bertz CT molecular complexity index is 215. The molecule has 1 saturated carbocycles. The zero-order chi connectivity index (χ0) is 12.4. The lowest BCUT2D eigenvalue weighted by molar-refractivity contribution is -0.331. The topological polar surface area (TPSA) is 29.5 Å². The van der Waals surface area contributed by atoms with Crippen LogP contribution in [0.5, 0.6) is 0 Å². The first-order valence-corrected chi connectivity index (χ1v) is 6.66. The SMILES string of the molecule is CCC(C)(C)C(OO)C(C)(C)C1CCCC1. The van der Waals surface area contributed by atoms with Gasteiger partial charge >= 0.3 is 0 Å². The Morgan fingerprint density at radius 2 is 1.69 bits per heavy atom. The summed E-state index contributed by atoms with van der Waals surface area (Å²) in [7, 11) is 0. The van der Waals surface area contributed by atoms with Crippen molar-refractivity contribution in [2.75, 3.05) is 0 Å². The van der Waals surface area contributed by atoms with E-state index in [1.54, 1.807) is 0 Å². The van der Waals surface area contributed by atoms with Crippen LogP contribution in [0.3, 0.4) is 0 Å². The molecule has 0 aromatic rings. The summed E-state index contributed by atoms with van der Waals surface area (Å²) in [6.07, 6.45) is 6.18. The van der Waals surface area contributed by atoms with Crippen molar-refractivity contribution in [3.05, 3.63) is 0 Å². The summed E-state index contributed by atoms with van der Waals surface area (Å²) in [5.41, 5.74) is 0.0889. The van der Waals surface area contributed by atoms with Crippen molar-refractivity contribution in [1.29, 1.82) is 0 Å². The van der Waals surface area contributed by atoms with Gasteiger partial charge in [0.15, 0.2) is 0 Å². The Balaban J connectivity index is 2.84. The lowest BCUT2D eigenvalue weighted by Crippen LogP contribution is -2.46. The van der Waals surface area contributed by atoms with Crippen LogP contribution in [-0.2, 0) is 4.89 Å². The smallest absolute Gasteiger partial charge is 0.103 e. The monoisotopic (exact) mass is 228 g/mol. The maximum Gasteiger partial charge on any atom is 0.103 e. The van der Waals surface area contributed by atoms with Crippen LogP contribution < -0.4 is 0 Å². The highest BCUT2D eigenvalue weighted by Gasteiger charge is 2.46. The van der Waals surface area contributed by atoms with E-state index in [0.29, 0.717) is 5.92 Å². The number of hydrogen-bond acceptors (Lipinski definition) is 2. The Kier molecular flexibility index (Phi) is 4.42. The van der Waals surface area contributed by atoms with E-state index in [1.807, 2.05) is 0 Å². The third-order valence-electron chi connectivity index (χ3n) is 4.81. The predicted octanol–water partition coefficient (Wildman–Crippen LogP) is 4.50. The molecule has 0 heterocycles. The van der Waals surface area contributed by atoms with Crippen molar-refractivity contribution in [1.82, 2.24) is 0 Å². The molecule has 96 valence electrons. The van der Waals surface area contributed by atoms with Gasteiger partial charge in [-0.2, -0.15) is 0 Å². The van der Waals surface area contributed by atoms with Crippen LogP contribution in [0.15, 0.2) is 0 Å². The fraction of sp³-hybridized carbons (Fsp3) is 1.00. The number of rotatable bonds is 5. The molecule has 0 spiro atoms. The van der Waals surface area contributed by atoms with Gasteiger partial charge in [0.2, 0.25) is 0 Å². The van der Waals surface area contributed by atoms with Crippen LogP contribution >= 0.6 is 0 Å². The summed E-state index contributed by atoms with van der Waals surface area (Å²) < 4.78 is 0. The van der Waals surface area contributed by atoms with E-state index in [9.17, 15) is 5.26 Å². The first-order chi connectivity index (χ1) is 7.36. The summed E-state index contributed by atoms with van der Waals surface area (Å²) in [4.78, 5) is 4.88. The van der Waals surface area contributed by atoms with Crippen molar-refractivity contribution in [3.63, 3.8) is 0 Å².